The van der Waals surface area contributed by atoms with E-state index in [0.717, 1.165) is 12.1 Å². The van der Waals surface area contributed by atoms with Crippen LogP contribution in [0, 0.1) is 5.82 Å². The number of sulfonamides is 1. The highest BCUT2D eigenvalue weighted by Crippen LogP contribution is 2.17. The lowest BCUT2D eigenvalue weighted by Gasteiger charge is -2.10. The predicted molar refractivity (Wildman–Crippen MR) is 64.0 cm³/mol. The van der Waals surface area contributed by atoms with Crippen LogP contribution in [-0.2, 0) is 21.4 Å². The summed E-state index contributed by atoms with van der Waals surface area (Å²) in [6.45, 7) is 2.15. The molecule has 0 aliphatic carbocycles. The highest BCUT2D eigenvalue weighted by molar-refractivity contribution is 7.89. The van der Waals surface area contributed by atoms with Crippen molar-refractivity contribution in [2.45, 2.75) is 18.4 Å². The van der Waals surface area contributed by atoms with E-state index in [9.17, 15) is 12.8 Å². The van der Waals surface area contributed by atoms with Gasteiger partial charge in [0, 0.05) is 13.2 Å². The molecule has 0 aliphatic rings. The Morgan fingerprint density at radius 1 is 1.44 bits per heavy atom. The van der Waals surface area contributed by atoms with Crippen molar-refractivity contribution < 1.29 is 22.7 Å². The Bertz CT molecular complexity index is 490. The smallest absolute Gasteiger partial charge is 0.241 e. The molecule has 2 N–H and O–H groups in total. The quantitative estimate of drug-likeness (QED) is 0.717. The van der Waals surface area contributed by atoms with Gasteiger partial charge < -0.3 is 9.84 Å². The first-order chi connectivity index (χ1) is 8.51. The van der Waals surface area contributed by atoms with Crippen LogP contribution >= 0.6 is 0 Å². The summed E-state index contributed by atoms with van der Waals surface area (Å²) in [5.74, 6) is -0.669. The Balaban J connectivity index is 2.87. The first kappa shape index (κ1) is 15.0. The fraction of sp³-hybridized carbons (Fsp3) is 0.455. The van der Waals surface area contributed by atoms with Crippen LogP contribution in [0.25, 0.3) is 0 Å². The number of hydrogen-bond acceptors (Lipinski definition) is 4. The average molecular weight is 277 g/mol. The molecule has 0 fully saturated rings. The van der Waals surface area contributed by atoms with Gasteiger partial charge >= 0.3 is 0 Å². The minimum atomic E-state index is -3.84. The van der Waals surface area contributed by atoms with E-state index >= 15 is 0 Å². The van der Waals surface area contributed by atoms with E-state index < -0.39 is 22.4 Å². The van der Waals surface area contributed by atoms with Crippen molar-refractivity contribution in [3.05, 3.63) is 29.6 Å². The lowest BCUT2D eigenvalue weighted by Crippen LogP contribution is -2.28. The monoisotopic (exact) mass is 277 g/mol. The molecule has 0 heterocycles. The van der Waals surface area contributed by atoms with Crippen LogP contribution in [0.1, 0.15) is 12.5 Å². The van der Waals surface area contributed by atoms with Crippen molar-refractivity contribution in [3.63, 3.8) is 0 Å². The van der Waals surface area contributed by atoms with Gasteiger partial charge in [0.1, 0.15) is 5.82 Å². The molecule has 0 spiro atoms. The molecule has 1 aromatic carbocycles. The number of rotatable bonds is 7. The Kier molecular flexibility index (Phi) is 5.67. The zero-order valence-electron chi connectivity index (χ0n) is 10.0. The van der Waals surface area contributed by atoms with Gasteiger partial charge in [0.15, 0.2) is 0 Å². The molecular formula is C11H16FNO4S. The molecule has 5 nitrogen and oxygen atoms in total. The number of halogens is 1. The molecule has 0 aliphatic heterocycles. The SMILES string of the molecule is CCOCCNS(=O)(=O)c1cc(F)ccc1CO. The molecule has 7 heteroatoms. The normalized spacial score (nSPS) is 11.7. The van der Waals surface area contributed by atoms with Gasteiger partial charge in [0.2, 0.25) is 10.0 Å². The zero-order chi connectivity index (χ0) is 13.6. The summed E-state index contributed by atoms with van der Waals surface area (Å²) >= 11 is 0. The number of aliphatic hydroxyl groups is 1. The summed E-state index contributed by atoms with van der Waals surface area (Å²) in [5.41, 5.74) is 0.153. The second-order valence-corrected chi connectivity index (χ2v) is 5.24. The van der Waals surface area contributed by atoms with Crippen molar-refractivity contribution in [1.82, 2.24) is 4.72 Å². The average Bonchev–Trinajstić information content (AvgIpc) is 2.35. The number of nitrogens with one attached hydrogen (secondary N) is 1. The molecule has 0 saturated heterocycles. The summed E-state index contributed by atoms with van der Waals surface area (Å²) in [6, 6.07) is 3.23. The molecule has 0 unspecified atom stereocenters. The number of benzene rings is 1. The third-order valence-electron chi connectivity index (χ3n) is 2.23. The zero-order valence-corrected chi connectivity index (χ0v) is 10.8. The lowest BCUT2D eigenvalue weighted by molar-refractivity contribution is 0.153. The topological polar surface area (TPSA) is 75.6 Å². The third kappa shape index (κ3) is 4.02. The Morgan fingerprint density at radius 3 is 2.78 bits per heavy atom. The summed E-state index contributed by atoms with van der Waals surface area (Å²) in [4.78, 5) is -0.249. The van der Waals surface area contributed by atoms with Crippen LogP contribution in [0.15, 0.2) is 23.1 Å². The Labute approximate surface area is 106 Å². The largest absolute Gasteiger partial charge is 0.392 e. The fourth-order valence-corrected chi connectivity index (χ4v) is 2.63. The maximum absolute atomic E-state index is 13.1. The molecule has 0 atom stereocenters. The van der Waals surface area contributed by atoms with Crippen LogP contribution in [0.3, 0.4) is 0 Å². The third-order valence-corrected chi connectivity index (χ3v) is 3.77. The van der Waals surface area contributed by atoms with Gasteiger partial charge in [-0.1, -0.05) is 6.07 Å². The molecule has 0 aromatic heterocycles. The summed E-state index contributed by atoms with van der Waals surface area (Å²) < 4.78 is 44.1. The van der Waals surface area contributed by atoms with Gasteiger partial charge in [-0.05, 0) is 24.6 Å². The van der Waals surface area contributed by atoms with Crippen LogP contribution in [0.5, 0.6) is 0 Å². The Hall–Kier alpha value is -1.02. The van der Waals surface area contributed by atoms with Gasteiger partial charge in [0.25, 0.3) is 0 Å². The summed E-state index contributed by atoms with van der Waals surface area (Å²) in [6.07, 6.45) is 0. The van der Waals surface area contributed by atoms with Gasteiger partial charge in [0.05, 0.1) is 18.1 Å². The second-order valence-electron chi connectivity index (χ2n) is 3.50. The van der Waals surface area contributed by atoms with Gasteiger partial charge in [-0.15, -0.1) is 0 Å². The number of hydrogen-bond donors (Lipinski definition) is 2. The van der Waals surface area contributed by atoms with Crippen LogP contribution in [0.4, 0.5) is 4.39 Å². The standard InChI is InChI=1S/C11H16FNO4S/c1-2-17-6-5-13-18(15,16)11-7-10(12)4-3-9(11)8-14/h3-4,7,13-14H,2,5-6,8H2,1H3. The first-order valence-corrected chi connectivity index (χ1v) is 6.96. The van der Waals surface area contributed by atoms with E-state index in [1.165, 1.54) is 6.07 Å². The van der Waals surface area contributed by atoms with Crippen molar-refractivity contribution in [2.75, 3.05) is 19.8 Å². The summed E-state index contributed by atoms with van der Waals surface area (Å²) in [7, 11) is -3.84. The lowest BCUT2D eigenvalue weighted by atomic mass is 10.2. The molecule has 0 radical (unpaired) electrons. The Morgan fingerprint density at radius 2 is 2.17 bits per heavy atom. The highest BCUT2D eigenvalue weighted by Gasteiger charge is 2.18. The van der Waals surface area contributed by atoms with E-state index in [-0.39, 0.29) is 23.6 Å². The molecular weight excluding hydrogens is 261 g/mol. The summed E-state index contributed by atoms with van der Waals surface area (Å²) in [5, 5.41) is 9.04. The molecule has 1 aromatic rings. The first-order valence-electron chi connectivity index (χ1n) is 5.48. The van der Waals surface area contributed by atoms with Crippen LogP contribution in [-0.4, -0.2) is 33.3 Å². The number of ether oxygens (including phenoxy) is 1. The maximum atomic E-state index is 13.1. The van der Waals surface area contributed by atoms with E-state index in [2.05, 4.69) is 4.72 Å². The van der Waals surface area contributed by atoms with Gasteiger partial charge in [-0.3, -0.25) is 0 Å². The molecule has 0 saturated carbocycles. The van der Waals surface area contributed by atoms with Gasteiger partial charge in [-0.25, -0.2) is 17.5 Å². The fourth-order valence-electron chi connectivity index (χ4n) is 1.38. The van der Waals surface area contributed by atoms with Crippen molar-refractivity contribution in [1.29, 1.82) is 0 Å². The maximum Gasteiger partial charge on any atom is 0.241 e. The van der Waals surface area contributed by atoms with Crippen LogP contribution in [0.2, 0.25) is 0 Å². The number of aliphatic hydroxyl groups excluding tert-OH is 1. The van der Waals surface area contributed by atoms with E-state index in [1.54, 1.807) is 6.92 Å². The van der Waals surface area contributed by atoms with E-state index in [4.69, 9.17) is 9.84 Å². The van der Waals surface area contributed by atoms with E-state index in [1.807, 2.05) is 0 Å². The predicted octanol–water partition coefficient (Wildman–Crippen LogP) is 0.633. The van der Waals surface area contributed by atoms with Gasteiger partial charge in [-0.2, -0.15) is 0 Å². The molecule has 102 valence electrons. The molecule has 0 amide bonds. The minimum Gasteiger partial charge on any atom is -0.392 e. The molecule has 1 rings (SSSR count). The molecule has 18 heavy (non-hydrogen) atoms. The second kappa shape index (κ2) is 6.79. The van der Waals surface area contributed by atoms with Crippen molar-refractivity contribution >= 4 is 10.0 Å². The van der Waals surface area contributed by atoms with E-state index in [0.29, 0.717) is 6.61 Å². The van der Waals surface area contributed by atoms with Crippen LogP contribution < -0.4 is 4.72 Å². The minimum absolute atomic E-state index is 0.0948. The molecule has 0 bridgehead atoms. The van der Waals surface area contributed by atoms with Crippen molar-refractivity contribution in [2.24, 2.45) is 0 Å². The highest BCUT2D eigenvalue weighted by atomic mass is 32.2. The van der Waals surface area contributed by atoms with Crippen molar-refractivity contribution in [3.8, 4) is 0 Å².